The molecule has 0 bridgehead atoms. The molecule has 1 aromatic heterocycles. The van der Waals surface area contributed by atoms with Gasteiger partial charge in [-0.1, -0.05) is 17.7 Å². The second kappa shape index (κ2) is 2.36. The quantitative estimate of drug-likeness (QED) is 0.580. The van der Waals surface area contributed by atoms with Gasteiger partial charge in [0, 0.05) is 22.6 Å². The minimum absolute atomic E-state index is 0.803. The molecule has 0 fully saturated rings. The van der Waals surface area contributed by atoms with Gasteiger partial charge in [0.1, 0.15) is 0 Å². The monoisotopic (exact) mass is 190 g/mol. The van der Waals surface area contributed by atoms with Crippen LogP contribution in [0.2, 0.25) is 5.02 Å². The number of hydrogen-bond acceptors (Lipinski definition) is 1. The van der Waals surface area contributed by atoms with Crippen LogP contribution in [0.4, 0.5) is 0 Å². The van der Waals surface area contributed by atoms with Crippen molar-refractivity contribution in [2.75, 3.05) is 0 Å². The summed E-state index contributed by atoms with van der Waals surface area (Å²) < 4.78 is 0. The van der Waals surface area contributed by atoms with E-state index in [-0.39, 0.29) is 0 Å². The van der Waals surface area contributed by atoms with Crippen LogP contribution in [0.25, 0.3) is 11.3 Å². The van der Waals surface area contributed by atoms with E-state index >= 15 is 0 Å². The number of aromatic nitrogens is 2. The summed E-state index contributed by atoms with van der Waals surface area (Å²) in [5.74, 6) is 0. The van der Waals surface area contributed by atoms with Crippen molar-refractivity contribution in [2.24, 2.45) is 0 Å². The molecule has 1 aromatic carbocycles. The SMILES string of the molecule is Clc1ccc2c(c1)Cc1cn[nH]c1-2. The molecule has 1 N–H and O–H groups in total. The van der Waals surface area contributed by atoms with Crippen molar-refractivity contribution in [1.82, 2.24) is 10.2 Å². The van der Waals surface area contributed by atoms with Crippen molar-refractivity contribution in [3.05, 3.63) is 40.5 Å². The van der Waals surface area contributed by atoms with Crippen LogP contribution in [0, 0.1) is 0 Å². The summed E-state index contributed by atoms with van der Waals surface area (Å²) in [6.45, 7) is 0. The van der Waals surface area contributed by atoms with Crippen molar-refractivity contribution in [3.8, 4) is 11.3 Å². The summed E-state index contributed by atoms with van der Waals surface area (Å²) >= 11 is 5.91. The molecule has 1 aliphatic rings. The second-order valence-corrected chi connectivity index (χ2v) is 3.68. The molecular weight excluding hydrogens is 184 g/mol. The van der Waals surface area contributed by atoms with Crippen LogP contribution < -0.4 is 0 Å². The lowest BCUT2D eigenvalue weighted by Gasteiger charge is -1.98. The fourth-order valence-electron chi connectivity index (χ4n) is 1.84. The highest BCUT2D eigenvalue weighted by molar-refractivity contribution is 6.30. The van der Waals surface area contributed by atoms with Gasteiger partial charge in [-0.25, -0.2) is 0 Å². The zero-order valence-electron chi connectivity index (χ0n) is 6.84. The summed E-state index contributed by atoms with van der Waals surface area (Å²) in [6.07, 6.45) is 2.82. The first-order chi connectivity index (χ1) is 6.34. The van der Waals surface area contributed by atoms with E-state index < -0.39 is 0 Å². The number of aromatic amines is 1. The Bertz CT molecular complexity index is 474. The van der Waals surface area contributed by atoms with Crippen LogP contribution in [0.5, 0.6) is 0 Å². The molecule has 2 aromatic rings. The van der Waals surface area contributed by atoms with E-state index in [0.717, 1.165) is 17.1 Å². The Labute approximate surface area is 80.5 Å². The minimum atomic E-state index is 0.803. The van der Waals surface area contributed by atoms with Gasteiger partial charge in [-0.2, -0.15) is 5.10 Å². The zero-order valence-corrected chi connectivity index (χ0v) is 7.60. The Kier molecular flexibility index (Phi) is 1.30. The predicted octanol–water partition coefficient (Wildman–Crippen LogP) is 2.63. The molecule has 0 amide bonds. The highest BCUT2D eigenvalue weighted by Crippen LogP contribution is 2.35. The van der Waals surface area contributed by atoms with Gasteiger partial charge in [0.2, 0.25) is 0 Å². The maximum Gasteiger partial charge on any atom is 0.0688 e. The van der Waals surface area contributed by atoms with E-state index in [1.807, 2.05) is 24.4 Å². The first-order valence-electron chi connectivity index (χ1n) is 4.15. The number of H-pyrrole nitrogens is 1. The normalized spacial score (nSPS) is 12.7. The van der Waals surface area contributed by atoms with E-state index in [4.69, 9.17) is 11.6 Å². The van der Waals surface area contributed by atoms with Gasteiger partial charge < -0.3 is 0 Å². The fraction of sp³-hybridized carbons (Fsp3) is 0.100. The molecule has 1 aliphatic carbocycles. The summed E-state index contributed by atoms with van der Waals surface area (Å²) in [6, 6.07) is 5.97. The van der Waals surface area contributed by atoms with Crippen LogP contribution in [0.1, 0.15) is 11.1 Å². The summed E-state index contributed by atoms with van der Waals surface area (Å²) in [5.41, 5.74) is 4.93. The Balaban J connectivity index is 2.29. The van der Waals surface area contributed by atoms with Gasteiger partial charge in [0.25, 0.3) is 0 Å². The zero-order chi connectivity index (χ0) is 8.84. The number of nitrogens with one attached hydrogen (secondary N) is 1. The van der Waals surface area contributed by atoms with Crippen LogP contribution in [0.3, 0.4) is 0 Å². The average molecular weight is 191 g/mol. The van der Waals surface area contributed by atoms with Crippen molar-refractivity contribution in [3.63, 3.8) is 0 Å². The van der Waals surface area contributed by atoms with Crippen LogP contribution in [0.15, 0.2) is 24.4 Å². The number of halogens is 1. The van der Waals surface area contributed by atoms with Crippen LogP contribution >= 0.6 is 11.6 Å². The van der Waals surface area contributed by atoms with Gasteiger partial charge in [0.15, 0.2) is 0 Å². The molecule has 64 valence electrons. The molecule has 0 saturated heterocycles. The molecule has 0 aliphatic heterocycles. The predicted molar refractivity (Wildman–Crippen MR) is 51.8 cm³/mol. The molecule has 13 heavy (non-hydrogen) atoms. The highest BCUT2D eigenvalue weighted by Gasteiger charge is 2.19. The Morgan fingerprint density at radius 3 is 3.15 bits per heavy atom. The number of rotatable bonds is 0. The van der Waals surface area contributed by atoms with Crippen molar-refractivity contribution >= 4 is 11.6 Å². The van der Waals surface area contributed by atoms with Crippen molar-refractivity contribution in [1.29, 1.82) is 0 Å². The number of nitrogens with zero attached hydrogens (tertiary/aromatic N) is 1. The van der Waals surface area contributed by atoms with Crippen molar-refractivity contribution in [2.45, 2.75) is 6.42 Å². The van der Waals surface area contributed by atoms with E-state index in [9.17, 15) is 0 Å². The van der Waals surface area contributed by atoms with Gasteiger partial charge in [-0.3, -0.25) is 5.10 Å². The van der Waals surface area contributed by atoms with E-state index in [1.54, 1.807) is 0 Å². The lowest BCUT2D eigenvalue weighted by atomic mass is 10.1. The third-order valence-electron chi connectivity index (χ3n) is 2.44. The average Bonchev–Trinajstić information content (AvgIpc) is 2.62. The second-order valence-electron chi connectivity index (χ2n) is 3.25. The van der Waals surface area contributed by atoms with Gasteiger partial charge in [-0.15, -0.1) is 0 Å². The number of hydrogen-bond donors (Lipinski definition) is 1. The molecule has 1 heterocycles. The molecule has 3 heteroatoms. The smallest absolute Gasteiger partial charge is 0.0688 e. The highest BCUT2D eigenvalue weighted by atomic mass is 35.5. The molecule has 0 saturated carbocycles. The lowest BCUT2D eigenvalue weighted by molar-refractivity contribution is 1.09. The van der Waals surface area contributed by atoms with Gasteiger partial charge >= 0.3 is 0 Å². The molecule has 0 atom stereocenters. The molecule has 3 rings (SSSR count). The molecule has 0 spiro atoms. The molecule has 0 radical (unpaired) electrons. The largest absolute Gasteiger partial charge is 0.278 e. The maximum atomic E-state index is 5.91. The maximum absolute atomic E-state index is 5.91. The standard InChI is InChI=1S/C10H7ClN2/c11-8-1-2-9-6(4-8)3-7-5-12-13-10(7)9/h1-2,4-5H,3H2,(H,12,13). The topological polar surface area (TPSA) is 28.7 Å². The Hall–Kier alpha value is -1.28. The summed E-state index contributed by atoms with van der Waals surface area (Å²) in [4.78, 5) is 0. The summed E-state index contributed by atoms with van der Waals surface area (Å²) in [7, 11) is 0. The minimum Gasteiger partial charge on any atom is -0.278 e. The number of fused-ring (bicyclic) bond motifs is 3. The first kappa shape index (κ1) is 7.15. The fourth-order valence-corrected chi connectivity index (χ4v) is 2.03. The molecule has 2 nitrogen and oxygen atoms in total. The van der Waals surface area contributed by atoms with Gasteiger partial charge in [0.05, 0.1) is 11.9 Å². The van der Waals surface area contributed by atoms with Crippen LogP contribution in [-0.4, -0.2) is 10.2 Å². The Morgan fingerprint density at radius 2 is 2.23 bits per heavy atom. The first-order valence-corrected chi connectivity index (χ1v) is 4.53. The third kappa shape index (κ3) is 0.923. The third-order valence-corrected chi connectivity index (χ3v) is 2.67. The summed E-state index contributed by atoms with van der Waals surface area (Å²) in [5, 5.41) is 7.81. The van der Waals surface area contributed by atoms with Crippen LogP contribution in [-0.2, 0) is 6.42 Å². The van der Waals surface area contributed by atoms with E-state index in [1.165, 1.54) is 16.7 Å². The van der Waals surface area contributed by atoms with E-state index in [2.05, 4.69) is 10.2 Å². The molecular formula is C10H7ClN2. The lowest BCUT2D eigenvalue weighted by Crippen LogP contribution is -1.81. The van der Waals surface area contributed by atoms with Crippen molar-refractivity contribution < 1.29 is 0 Å². The molecule has 0 unspecified atom stereocenters. The Morgan fingerprint density at radius 1 is 1.31 bits per heavy atom. The number of benzene rings is 1. The van der Waals surface area contributed by atoms with E-state index in [0.29, 0.717) is 0 Å². The van der Waals surface area contributed by atoms with Gasteiger partial charge in [-0.05, 0) is 17.7 Å².